The summed E-state index contributed by atoms with van der Waals surface area (Å²) in [5.74, 6) is 1.32. The molecule has 0 spiro atoms. The van der Waals surface area contributed by atoms with Gasteiger partial charge in [-0.25, -0.2) is 0 Å². The Morgan fingerprint density at radius 1 is 1.24 bits per heavy atom. The molecule has 0 bridgehead atoms. The molecule has 0 aromatic carbocycles. The third-order valence-electron chi connectivity index (χ3n) is 3.63. The fourth-order valence-corrected chi connectivity index (χ4v) is 2.52. The molecule has 1 fully saturated rings. The summed E-state index contributed by atoms with van der Waals surface area (Å²) in [6.45, 7) is 13.0. The number of hydrogen-bond acceptors (Lipinski definition) is 2. The van der Waals surface area contributed by atoms with E-state index in [1.807, 2.05) is 0 Å². The molecule has 1 saturated heterocycles. The van der Waals surface area contributed by atoms with Crippen LogP contribution in [0.1, 0.15) is 54.4 Å². The zero-order chi connectivity index (χ0) is 13.2. The average molecular weight is 240 g/mol. The molecular formula is C14H28N2O. The van der Waals surface area contributed by atoms with Gasteiger partial charge >= 0.3 is 0 Å². The Morgan fingerprint density at radius 2 is 1.82 bits per heavy atom. The zero-order valence-corrected chi connectivity index (χ0v) is 12.2. The summed E-state index contributed by atoms with van der Waals surface area (Å²) in [5.41, 5.74) is 0. The van der Waals surface area contributed by atoms with Crippen molar-refractivity contribution in [1.29, 1.82) is 0 Å². The third kappa shape index (κ3) is 3.21. The van der Waals surface area contributed by atoms with Gasteiger partial charge in [0, 0.05) is 6.04 Å². The Balaban J connectivity index is 2.82. The summed E-state index contributed by atoms with van der Waals surface area (Å²) < 4.78 is 0. The van der Waals surface area contributed by atoms with Crippen molar-refractivity contribution in [2.75, 3.05) is 0 Å². The number of hydrogen-bond donors (Lipinski definition) is 1. The van der Waals surface area contributed by atoms with Crippen LogP contribution in [0.4, 0.5) is 0 Å². The summed E-state index contributed by atoms with van der Waals surface area (Å²) in [7, 11) is 0. The minimum Gasteiger partial charge on any atom is -0.323 e. The highest BCUT2D eigenvalue weighted by molar-refractivity contribution is 5.84. The van der Waals surface area contributed by atoms with Gasteiger partial charge in [-0.1, -0.05) is 34.6 Å². The fourth-order valence-electron chi connectivity index (χ4n) is 2.52. The molecule has 3 heteroatoms. The maximum Gasteiger partial charge on any atom is 0.241 e. The van der Waals surface area contributed by atoms with Crippen molar-refractivity contribution in [1.82, 2.24) is 10.2 Å². The van der Waals surface area contributed by atoms with E-state index in [9.17, 15) is 4.79 Å². The number of carbonyl (C=O) groups excluding carboxylic acids is 1. The second-order valence-electron chi connectivity index (χ2n) is 6.04. The quantitative estimate of drug-likeness (QED) is 0.801. The lowest BCUT2D eigenvalue weighted by molar-refractivity contribution is -0.132. The lowest BCUT2D eigenvalue weighted by Gasteiger charge is -2.32. The van der Waals surface area contributed by atoms with E-state index in [2.05, 4.69) is 51.8 Å². The fraction of sp³-hybridized carbons (Fsp3) is 0.929. The minimum absolute atomic E-state index is 0.0244. The Hall–Kier alpha value is -0.570. The number of nitrogens with one attached hydrogen (secondary N) is 1. The van der Waals surface area contributed by atoms with Gasteiger partial charge in [-0.3, -0.25) is 10.1 Å². The number of nitrogens with zero attached hydrogens (tertiary/aromatic N) is 1. The van der Waals surface area contributed by atoms with Gasteiger partial charge in [0.15, 0.2) is 0 Å². The molecule has 0 radical (unpaired) electrons. The van der Waals surface area contributed by atoms with Gasteiger partial charge in [0.2, 0.25) is 5.91 Å². The summed E-state index contributed by atoms with van der Waals surface area (Å²) in [5, 5.41) is 3.51. The third-order valence-corrected chi connectivity index (χ3v) is 3.63. The van der Waals surface area contributed by atoms with Crippen LogP contribution in [0, 0.1) is 11.8 Å². The van der Waals surface area contributed by atoms with E-state index in [4.69, 9.17) is 0 Å². The molecular weight excluding hydrogens is 212 g/mol. The Labute approximate surface area is 106 Å². The van der Waals surface area contributed by atoms with Crippen molar-refractivity contribution in [3.63, 3.8) is 0 Å². The molecule has 3 unspecified atom stereocenters. The molecule has 1 N–H and O–H groups in total. The average Bonchev–Trinajstić information content (AvgIpc) is 2.55. The van der Waals surface area contributed by atoms with E-state index in [0.29, 0.717) is 23.8 Å². The Bertz CT molecular complexity index is 263. The summed E-state index contributed by atoms with van der Waals surface area (Å²) >= 11 is 0. The number of amides is 1. The van der Waals surface area contributed by atoms with Crippen LogP contribution in [-0.4, -0.2) is 29.1 Å². The molecule has 1 aliphatic rings. The van der Waals surface area contributed by atoms with Crippen LogP contribution in [0.15, 0.2) is 0 Å². The first-order valence-electron chi connectivity index (χ1n) is 6.96. The van der Waals surface area contributed by atoms with E-state index < -0.39 is 0 Å². The van der Waals surface area contributed by atoms with Gasteiger partial charge < -0.3 is 4.90 Å². The molecule has 1 heterocycles. The van der Waals surface area contributed by atoms with E-state index in [0.717, 1.165) is 12.8 Å². The molecule has 100 valence electrons. The van der Waals surface area contributed by atoms with Gasteiger partial charge in [-0.15, -0.1) is 0 Å². The minimum atomic E-state index is 0.0244. The van der Waals surface area contributed by atoms with Gasteiger partial charge in [-0.2, -0.15) is 0 Å². The number of carbonyl (C=O) groups is 1. The van der Waals surface area contributed by atoms with Crippen molar-refractivity contribution in [2.24, 2.45) is 11.8 Å². The molecule has 1 amide bonds. The summed E-state index contributed by atoms with van der Waals surface area (Å²) in [6, 6.07) is 0.357. The van der Waals surface area contributed by atoms with Crippen LogP contribution in [0.25, 0.3) is 0 Å². The van der Waals surface area contributed by atoms with Crippen LogP contribution in [0.3, 0.4) is 0 Å². The second kappa shape index (κ2) is 5.85. The lowest BCUT2D eigenvalue weighted by Crippen LogP contribution is -2.46. The lowest BCUT2D eigenvalue weighted by atomic mass is 10.0. The number of rotatable bonds is 5. The predicted octanol–water partition coefficient (Wildman–Crippen LogP) is 2.61. The van der Waals surface area contributed by atoms with E-state index in [1.54, 1.807) is 0 Å². The van der Waals surface area contributed by atoms with Crippen molar-refractivity contribution in [2.45, 2.75) is 72.6 Å². The van der Waals surface area contributed by atoms with E-state index in [-0.39, 0.29) is 12.2 Å². The van der Waals surface area contributed by atoms with Crippen molar-refractivity contribution < 1.29 is 4.79 Å². The molecule has 1 rings (SSSR count). The molecule has 0 aliphatic carbocycles. The normalized spacial score (nSPS) is 27.3. The maximum absolute atomic E-state index is 12.4. The maximum atomic E-state index is 12.4. The van der Waals surface area contributed by atoms with Crippen LogP contribution in [0.2, 0.25) is 0 Å². The van der Waals surface area contributed by atoms with E-state index in [1.165, 1.54) is 0 Å². The summed E-state index contributed by atoms with van der Waals surface area (Å²) in [6.07, 6.45) is 2.17. The van der Waals surface area contributed by atoms with Crippen LogP contribution >= 0.6 is 0 Å². The largest absolute Gasteiger partial charge is 0.323 e. The zero-order valence-electron chi connectivity index (χ0n) is 12.2. The van der Waals surface area contributed by atoms with Gasteiger partial charge in [-0.05, 0) is 31.6 Å². The van der Waals surface area contributed by atoms with Gasteiger partial charge in [0.25, 0.3) is 0 Å². The van der Waals surface area contributed by atoms with Crippen molar-refractivity contribution in [3.05, 3.63) is 0 Å². The van der Waals surface area contributed by atoms with Crippen LogP contribution in [-0.2, 0) is 4.79 Å². The highest BCUT2D eigenvalue weighted by atomic mass is 16.2. The first-order chi connectivity index (χ1) is 7.88. The van der Waals surface area contributed by atoms with Gasteiger partial charge in [0.05, 0.1) is 12.2 Å². The Kier molecular flexibility index (Phi) is 4.99. The van der Waals surface area contributed by atoms with Gasteiger partial charge in [0.1, 0.15) is 0 Å². The highest BCUT2D eigenvalue weighted by Crippen LogP contribution is 2.24. The highest BCUT2D eigenvalue weighted by Gasteiger charge is 2.41. The standard InChI is InChI=1S/C14H28N2O/c1-7-11(6)16-13(10(4)5)15-12(14(16)17)8-9(2)3/h9-13,15H,7-8H2,1-6H3. The smallest absolute Gasteiger partial charge is 0.241 e. The molecule has 3 atom stereocenters. The van der Waals surface area contributed by atoms with E-state index >= 15 is 0 Å². The molecule has 0 aromatic heterocycles. The molecule has 1 aliphatic heterocycles. The monoisotopic (exact) mass is 240 g/mol. The predicted molar refractivity (Wildman–Crippen MR) is 71.6 cm³/mol. The Morgan fingerprint density at radius 3 is 2.24 bits per heavy atom. The second-order valence-corrected chi connectivity index (χ2v) is 6.04. The van der Waals surface area contributed by atoms with Crippen LogP contribution < -0.4 is 5.32 Å². The molecule has 0 saturated carbocycles. The topological polar surface area (TPSA) is 32.3 Å². The molecule has 0 aromatic rings. The van der Waals surface area contributed by atoms with Crippen molar-refractivity contribution in [3.8, 4) is 0 Å². The SMILES string of the molecule is CCC(C)N1C(=O)C(CC(C)C)NC1C(C)C. The molecule has 3 nitrogen and oxygen atoms in total. The summed E-state index contributed by atoms with van der Waals surface area (Å²) in [4.78, 5) is 14.5. The first kappa shape index (κ1) is 14.5. The van der Waals surface area contributed by atoms with Crippen LogP contribution in [0.5, 0.6) is 0 Å². The first-order valence-corrected chi connectivity index (χ1v) is 6.96. The molecule has 17 heavy (non-hydrogen) atoms. The van der Waals surface area contributed by atoms with Crippen molar-refractivity contribution >= 4 is 5.91 Å².